The molecule has 1 aliphatic rings. The summed E-state index contributed by atoms with van der Waals surface area (Å²) in [7, 11) is 1.50. The van der Waals surface area contributed by atoms with Gasteiger partial charge in [-0.05, 0) is 30.3 Å². The predicted molar refractivity (Wildman–Crippen MR) is 70.3 cm³/mol. The molecule has 0 spiro atoms. The second-order valence-electron chi connectivity index (χ2n) is 3.50. The molecule has 18 heavy (non-hydrogen) atoms. The van der Waals surface area contributed by atoms with Crippen molar-refractivity contribution < 1.29 is 9.53 Å². The summed E-state index contributed by atoms with van der Waals surface area (Å²) in [5, 5.41) is 5.87. The summed E-state index contributed by atoms with van der Waals surface area (Å²) in [6, 6.07) is 6.63. The fraction of sp³-hybridized carbons (Fsp3) is 0.0769. The monoisotopic (exact) mass is 262 g/mol. The van der Waals surface area contributed by atoms with Crippen LogP contribution in [0.15, 0.2) is 53.8 Å². The first-order valence-corrected chi connectivity index (χ1v) is 5.65. The maximum Gasteiger partial charge on any atom is 0.278 e. The Bertz CT molecular complexity index is 532. The van der Waals surface area contributed by atoms with Crippen molar-refractivity contribution in [1.82, 2.24) is 5.01 Å². The second-order valence-corrected chi connectivity index (χ2v) is 3.94. The molecule has 5 heteroatoms. The van der Waals surface area contributed by atoms with Crippen molar-refractivity contribution in [2.75, 3.05) is 7.11 Å². The summed E-state index contributed by atoms with van der Waals surface area (Å²) < 4.78 is 5.01. The molecule has 0 aliphatic carbocycles. The number of hydrogen-bond acceptors (Lipinski definition) is 3. The Labute approximate surface area is 110 Å². The lowest BCUT2D eigenvalue weighted by Crippen LogP contribution is -2.21. The maximum atomic E-state index is 12.2. The van der Waals surface area contributed by atoms with E-state index in [1.807, 2.05) is 0 Å². The number of amides is 1. The first kappa shape index (κ1) is 12.4. The molecule has 1 aromatic carbocycles. The lowest BCUT2D eigenvalue weighted by atomic mass is 10.2. The summed E-state index contributed by atoms with van der Waals surface area (Å²) in [5.41, 5.74) is 0.505. The molecule has 0 radical (unpaired) electrons. The summed E-state index contributed by atoms with van der Waals surface area (Å²) in [6.45, 7) is 0. The highest BCUT2D eigenvalue weighted by Gasteiger charge is 2.14. The van der Waals surface area contributed by atoms with E-state index in [9.17, 15) is 4.79 Å². The van der Waals surface area contributed by atoms with E-state index in [2.05, 4.69) is 5.10 Å². The largest absolute Gasteiger partial charge is 0.480 e. The predicted octanol–water partition coefficient (Wildman–Crippen LogP) is 2.83. The van der Waals surface area contributed by atoms with Crippen LogP contribution in [0.2, 0.25) is 5.02 Å². The van der Waals surface area contributed by atoms with Crippen molar-refractivity contribution in [3.63, 3.8) is 0 Å². The van der Waals surface area contributed by atoms with Gasteiger partial charge in [0.25, 0.3) is 5.91 Å². The van der Waals surface area contributed by atoms with Crippen LogP contribution < -0.4 is 0 Å². The number of halogens is 1. The highest BCUT2D eigenvalue weighted by atomic mass is 35.5. The molecule has 92 valence electrons. The van der Waals surface area contributed by atoms with Gasteiger partial charge in [-0.15, -0.1) is 5.10 Å². The number of methoxy groups -OCH3 is 1. The standard InChI is InChI=1S/C13H11ClN2O2/c1-18-12-4-2-3-9-16(15-12)13(17)10-5-7-11(14)8-6-10/h2-9H,1H3. The van der Waals surface area contributed by atoms with Crippen LogP contribution in [0, 0.1) is 0 Å². The molecular weight excluding hydrogens is 252 g/mol. The van der Waals surface area contributed by atoms with Gasteiger partial charge in [-0.25, -0.2) is 5.01 Å². The van der Waals surface area contributed by atoms with E-state index < -0.39 is 0 Å². The van der Waals surface area contributed by atoms with Gasteiger partial charge in [-0.2, -0.15) is 0 Å². The van der Waals surface area contributed by atoms with Crippen molar-refractivity contribution in [2.45, 2.75) is 0 Å². The average molecular weight is 263 g/mol. The molecule has 2 rings (SSSR count). The average Bonchev–Trinajstić information content (AvgIpc) is 2.64. The molecule has 4 nitrogen and oxygen atoms in total. The first-order chi connectivity index (χ1) is 8.70. The Kier molecular flexibility index (Phi) is 3.79. The van der Waals surface area contributed by atoms with Crippen LogP contribution in [-0.4, -0.2) is 23.9 Å². The number of hydrogen-bond donors (Lipinski definition) is 0. The van der Waals surface area contributed by atoms with Crippen molar-refractivity contribution in [3.05, 3.63) is 59.3 Å². The minimum Gasteiger partial charge on any atom is -0.480 e. The summed E-state index contributed by atoms with van der Waals surface area (Å²) in [4.78, 5) is 12.2. The van der Waals surface area contributed by atoms with Gasteiger partial charge in [0.1, 0.15) is 0 Å². The highest BCUT2D eigenvalue weighted by molar-refractivity contribution is 6.30. The molecular formula is C13H11ClN2O2. The molecule has 0 bridgehead atoms. The lowest BCUT2D eigenvalue weighted by Gasteiger charge is -2.12. The van der Waals surface area contributed by atoms with Crippen LogP contribution in [0.5, 0.6) is 0 Å². The SMILES string of the molecule is COC1=NN(C(=O)c2ccc(Cl)cc2)C=CC=C1. The molecule has 1 aliphatic heterocycles. The Morgan fingerprint density at radius 1 is 1.28 bits per heavy atom. The van der Waals surface area contributed by atoms with Gasteiger partial charge in [0.05, 0.1) is 7.11 Å². The van der Waals surface area contributed by atoms with E-state index in [1.165, 1.54) is 12.1 Å². The normalized spacial score (nSPS) is 14.1. The minimum atomic E-state index is -0.249. The van der Waals surface area contributed by atoms with Gasteiger partial charge in [-0.1, -0.05) is 17.7 Å². The maximum absolute atomic E-state index is 12.2. The van der Waals surface area contributed by atoms with E-state index in [0.29, 0.717) is 16.5 Å². The van der Waals surface area contributed by atoms with Gasteiger partial charge in [0.2, 0.25) is 5.90 Å². The smallest absolute Gasteiger partial charge is 0.278 e. The molecule has 1 heterocycles. The molecule has 1 aromatic rings. The molecule has 0 atom stereocenters. The number of rotatable bonds is 1. The number of benzene rings is 1. The molecule has 0 N–H and O–H groups in total. The van der Waals surface area contributed by atoms with Crippen molar-refractivity contribution in [1.29, 1.82) is 0 Å². The zero-order chi connectivity index (χ0) is 13.0. The van der Waals surface area contributed by atoms with Crippen LogP contribution >= 0.6 is 11.6 Å². The zero-order valence-corrected chi connectivity index (χ0v) is 10.5. The molecule has 1 amide bonds. The van der Waals surface area contributed by atoms with Crippen molar-refractivity contribution in [2.24, 2.45) is 5.10 Å². The van der Waals surface area contributed by atoms with E-state index >= 15 is 0 Å². The van der Waals surface area contributed by atoms with Gasteiger partial charge in [-0.3, -0.25) is 4.79 Å². The molecule has 0 aromatic heterocycles. The Balaban J connectivity index is 2.26. The topological polar surface area (TPSA) is 41.9 Å². The van der Waals surface area contributed by atoms with Gasteiger partial charge in [0.15, 0.2) is 0 Å². The lowest BCUT2D eigenvalue weighted by molar-refractivity contribution is 0.0822. The van der Waals surface area contributed by atoms with Crippen LogP contribution in [0.1, 0.15) is 10.4 Å². The highest BCUT2D eigenvalue weighted by Crippen LogP contribution is 2.13. The van der Waals surface area contributed by atoms with Crippen LogP contribution in [0.3, 0.4) is 0 Å². The van der Waals surface area contributed by atoms with Crippen LogP contribution in [0.4, 0.5) is 0 Å². The third-order valence-corrected chi connectivity index (χ3v) is 2.54. The van der Waals surface area contributed by atoms with Crippen molar-refractivity contribution in [3.8, 4) is 0 Å². The molecule has 0 saturated carbocycles. The van der Waals surface area contributed by atoms with E-state index in [4.69, 9.17) is 16.3 Å². The van der Waals surface area contributed by atoms with Crippen molar-refractivity contribution >= 4 is 23.4 Å². The number of carbonyl (C=O) groups excluding carboxylic acids is 1. The van der Waals surface area contributed by atoms with Gasteiger partial charge < -0.3 is 4.74 Å². The third kappa shape index (κ3) is 2.78. The zero-order valence-electron chi connectivity index (χ0n) is 9.71. The second kappa shape index (κ2) is 5.51. The number of nitrogens with zero attached hydrogens (tertiary/aromatic N) is 2. The Morgan fingerprint density at radius 2 is 2.00 bits per heavy atom. The van der Waals surface area contributed by atoms with Crippen LogP contribution in [-0.2, 0) is 4.74 Å². The quantitative estimate of drug-likeness (QED) is 0.781. The fourth-order valence-electron chi connectivity index (χ4n) is 1.39. The summed E-state index contributed by atoms with van der Waals surface area (Å²) >= 11 is 5.78. The summed E-state index contributed by atoms with van der Waals surface area (Å²) in [6.07, 6.45) is 6.70. The van der Waals surface area contributed by atoms with Gasteiger partial charge in [0, 0.05) is 22.9 Å². The molecule has 0 unspecified atom stereocenters. The number of carbonyl (C=O) groups is 1. The van der Waals surface area contributed by atoms with Gasteiger partial charge >= 0.3 is 0 Å². The Morgan fingerprint density at radius 3 is 2.67 bits per heavy atom. The third-order valence-electron chi connectivity index (χ3n) is 2.29. The van der Waals surface area contributed by atoms with E-state index in [0.717, 1.165) is 0 Å². The fourth-order valence-corrected chi connectivity index (χ4v) is 1.51. The number of hydrazone groups is 1. The van der Waals surface area contributed by atoms with Crippen LogP contribution in [0.25, 0.3) is 0 Å². The molecule has 0 saturated heterocycles. The first-order valence-electron chi connectivity index (χ1n) is 5.27. The summed E-state index contributed by atoms with van der Waals surface area (Å²) in [5.74, 6) is 0.114. The molecule has 0 fully saturated rings. The Hall–Kier alpha value is -2.07. The number of allylic oxidation sites excluding steroid dienone is 2. The van der Waals surface area contributed by atoms with E-state index in [-0.39, 0.29) is 5.91 Å². The van der Waals surface area contributed by atoms with E-state index in [1.54, 1.807) is 48.7 Å². The number of ether oxygens (including phenoxy) is 1. The minimum absolute atomic E-state index is 0.249.